The monoisotopic (exact) mass is 260 g/mol. The van der Waals surface area contributed by atoms with Crippen molar-refractivity contribution in [2.45, 2.75) is 13.3 Å². The number of allylic oxidation sites excluding steroid dienone is 1. The summed E-state index contributed by atoms with van der Waals surface area (Å²) in [6.07, 6.45) is 4.67. The summed E-state index contributed by atoms with van der Waals surface area (Å²) in [5.41, 5.74) is 4.66. The Bertz CT molecular complexity index is 694. The van der Waals surface area contributed by atoms with Gasteiger partial charge in [0.25, 0.3) is 0 Å². The summed E-state index contributed by atoms with van der Waals surface area (Å²) in [7, 11) is 0. The lowest BCUT2D eigenvalue weighted by molar-refractivity contribution is 1.32. The number of hydrogen-bond acceptors (Lipinski definition) is 1. The SMILES string of the molecule is Cc1ccccc1N=C1CC(c2ccccc2)=CC=N1. The molecule has 0 saturated carbocycles. The average molecular weight is 260 g/mol. The van der Waals surface area contributed by atoms with Crippen molar-refractivity contribution in [1.82, 2.24) is 0 Å². The van der Waals surface area contributed by atoms with Gasteiger partial charge in [0, 0.05) is 12.6 Å². The minimum Gasteiger partial charge on any atom is -0.241 e. The molecule has 0 aromatic heterocycles. The summed E-state index contributed by atoms with van der Waals surface area (Å²) in [6.45, 7) is 2.07. The zero-order valence-electron chi connectivity index (χ0n) is 11.5. The van der Waals surface area contributed by atoms with E-state index in [0.717, 1.165) is 17.9 Å². The van der Waals surface area contributed by atoms with Gasteiger partial charge in [-0.2, -0.15) is 0 Å². The Hall–Kier alpha value is -2.48. The molecule has 0 spiro atoms. The summed E-state index contributed by atoms with van der Waals surface area (Å²) < 4.78 is 0. The predicted molar refractivity (Wildman–Crippen MR) is 85.8 cm³/mol. The van der Waals surface area contributed by atoms with Crippen LogP contribution in [-0.4, -0.2) is 12.1 Å². The average Bonchev–Trinajstić information content (AvgIpc) is 2.51. The molecule has 0 bridgehead atoms. The van der Waals surface area contributed by atoms with Gasteiger partial charge in [0.2, 0.25) is 0 Å². The van der Waals surface area contributed by atoms with Crippen molar-refractivity contribution in [3.63, 3.8) is 0 Å². The molecule has 0 atom stereocenters. The Morgan fingerprint density at radius 1 is 0.950 bits per heavy atom. The van der Waals surface area contributed by atoms with E-state index in [4.69, 9.17) is 0 Å². The van der Waals surface area contributed by atoms with Crippen LogP contribution in [0.3, 0.4) is 0 Å². The molecule has 1 heterocycles. The van der Waals surface area contributed by atoms with Gasteiger partial charge in [-0.1, -0.05) is 48.5 Å². The summed E-state index contributed by atoms with van der Waals surface area (Å²) in [6, 6.07) is 18.5. The zero-order chi connectivity index (χ0) is 13.8. The van der Waals surface area contributed by atoms with Gasteiger partial charge >= 0.3 is 0 Å². The second-order valence-corrected chi connectivity index (χ2v) is 4.83. The van der Waals surface area contributed by atoms with Crippen LogP contribution < -0.4 is 0 Å². The van der Waals surface area contributed by atoms with Gasteiger partial charge in [-0.25, -0.2) is 9.98 Å². The number of rotatable bonds is 2. The van der Waals surface area contributed by atoms with Crippen LogP contribution in [0.15, 0.2) is 70.7 Å². The molecule has 0 saturated heterocycles. The third-order valence-corrected chi connectivity index (χ3v) is 3.36. The van der Waals surface area contributed by atoms with Crippen LogP contribution in [0.2, 0.25) is 0 Å². The van der Waals surface area contributed by atoms with Crippen LogP contribution >= 0.6 is 0 Å². The summed E-state index contributed by atoms with van der Waals surface area (Å²) in [5, 5.41) is 0. The van der Waals surface area contributed by atoms with Crippen molar-refractivity contribution in [1.29, 1.82) is 0 Å². The first kappa shape index (κ1) is 12.5. The number of benzene rings is 2. The fourth-order valence-electron chi connectivity index (χ4n) is 2.24. The minimum absolute atomic E-state index is 0.773. The van der Waals surface area contributed by atoms with Gasteiger partial charge < -0.3 is 0 Å². The number of amidine groups is 1. The molecule has 1 aliphatic rings. The predicted octanol–water partition coefficient (Wildman–Crippen LogP) is 4.58. The van der Waals surface area contributed by atoms with Crippen LogP contribution in [-0.2, 0) is 0 Å². The lowest BCUT2D eigenvalue weighted by Crippen LogP contribution is -2.02. The Morgan fingerprint density at radius 3 is 2.50 bits per heavy atom. The maximum absolute atomic E-state index is 4.67. The maximum atomic E-state index is 4.67. The van der Waals surface area contributed by atoms with Crippen LogP contribution in [0.4, 0.5) is 5.69 Å². The highest BCUT2D eigenvalue weighted by molar-refractivity contribution is 6.06. The van der Waals surface area contributed by atoms with Crippen LogP contribution in [0.25, 0.3) is 5.57 Å². The van der Waals surface area contributed by atoms with Crippen molar-refractivity contribution in [3.05, 3.63) is 71.8 Å². The highest BCUT2D eigenvalue weighted by Gasteiger charge is 2.09. The Kier molecular flexibility index (Phi) is 3.55. The molecule has 0 N–H and O–H groups in total. The summed E-state index contributed by atoms with van der Waals surface area (Å²) in [5.74, 6) is 0.862. The quantitative estimate of drug-likeness (QED) is 0.755. The molecule has 98 valence electrons. The number of aryl methyl sites for hydroxylation is 1. The molecule has 3 rings (SSSR count). The smallest absolute Gasteiger partial charge is 0.133 e. The highest BCUT2D eigenvalue weighted by atomic mass is 14.9. The van der Waals surface area contributed by atoms with E-state index >= 15 is 0 Å². The molecular formula is C18H16N2. The van der Waals surface area contributed by atoms with Crippen molar-refractivity contribution < 1.29 is 0 Å². The van der Waals surface area contributed by atoms with E-state index in [2.05, 4.69) is 53.3 Å². The Morgan fingerprint density at radius 2 is 1.70 bits per heavy atom. The van der Waals surface area contributed by atoms with Gasteiger partial charge in [0.1, 0.15) is 5.84 Å². The molecular weight excluding hydrogens is 244 g/mol. The molecule has 0 amide bonds. The van der Waals surface area contributed by atoms with Crippen molar-refractivity contribution >= 4 is 23.3 Å². The van der Waals surface area contributed by atoms with E-state index in [0.29, 0.717) is 0 Å². The molecule has 2 nitrogen and oxygen atoms in total. The van der Waals surface area contributed by atoms with Crippen molar-refractivity contribution in [3.8, 4) is 0 Å². The van der Waals surface area contributed by atoms with Crippen molar-refractivity contribution in [2.24, 2.45) is 9.98 Å². The summed E-state index contributed by atoms with van der Waals surface area (Å²) >= 11 is 0. The van der Waals surface area contributed by atoms with E-state index in [-0.39, 0.29) is 0 Å². The molecule has 20 heavy (non-hydrogen) atoms. The molecule has 1 aliphatic heterocycles. The van der Waals surface area contributed by atoms with E-state index < -0.39 is 0 Å². The molecule has 2 heteroatoms. The molecule has 0 unspecified atom stereocenters. The van der Waals surface area contributed by atoms with E-state index in [1.165, 1.54) is 16.7 Å². The number of aliphatic imine (C=N–C) groups is 2. The molecule has 2 aromatic rings. The topological polar surface area (TPSA) is 24.7 Å². The number of hydrogen-bond donors (Lipinski definition) is 0. The normalized spacial score (nSPS) is 16.2. The zero-order valence-corrected chi connectivity index (χ0v) is 11.5. The fraction of sp³-hybridized carbons (Fsp3) is 0.111. The number of nitrogens with zero attached hydrogens (tertiary/aromatic N) is 2. The van der Waals surface area contributed by atoms with E-state index in [9.17, 15) is 0 Å². The first-order chi connectivity index (χ1) is 9.83. The van der Waals surface area contributed by atoms with Crippen molar-refractivity contribution in [2.75, 3.05) is 0 Å². The lowest BCUT2D eigenvalue weighted by atomic mass is 10.0. The highest BCUT2D eigenvalue weighted by Crippen LogP contribution is 2.24. The third kappa shape index (κ3) is 2.75. The van der Waals surface area contributed by atoms with Crippen LogP contribution in [0, 0.1) is 6.92 Å². The first-order valence-electron chi connectivity index (χ1n) is 6.75. The molecule has 0 fully saturated rings. The molecule has 0 aliphatic carbocycles. The van der Waals surface area contributed by atoms with Crippen LogP contribution in [0.5, 0.6) is 0 Å². The Balaban J connectivity index is 1.87. The summed E-state index contributed by atoms with van der Waals surface area (Å²) in [4.78, 5) is 9.06. The van der Waals surface area contributed by atoms with Gasteiger partial charge in [-0.3, -0.25) is 0 Å². The lowest BCUT2D eigenvalue weighted by Gasteiger charge is -2.11. The second-order valence-electron chi connectivity index (χ2n) is 4.83. The van der Waals surface area contributed by atoms with E-state index in [1.54, 1.807) is 0 Å². The maximum Gasteiger partial charge on any atom is 0.133 e. The molecule has 2 aromatic carbocycles. The van der Waals surface area contributed by atoms with E-state index in [1.807, 2.05) is 30.5 Å². The number of para-hydroxylation sites is 1. The van der Waals surface area contributed by atoms with Gasteiger partial charge in [0.15, 0.2) is 0 Å². The van der Waals surface area contributed by atoms with Crippen LogP contribution in [0.1, 0.15) is 17.5 Å². The fourth-order valence-corrected chi connectivity index (χ4v) is 2.24. The van der Waals surface area contributed by atoms with Gasteiger partial charge in [0.05, 0.1) is 5.69 Å². The standard InChI is InChI=1S/C18H16N2/c1-14-7-5-6-10-17(14)20-18-13-16(11-12-19-18)15-8-3-2-4-9-15/h2-12H,13H2,1H3. The largest absolute Gasteiger partial charge is 0.241 e. The minimum atomic E-state index is 0.773. The molecule has 0 radical (unpaired) electrons. The first-order valence-corrected chi connectivity index (χ1v) is 6.75. The van der Waals surface area contributed by atoms with Gasteiger partial charge in [-0.05, 0) is 35.8 Å². The third-order valence-electron chi connectivity index (χ3n) is 3.36. The Labute approximate surface area is 119 Å². The number of dihydropyridines is 1. The van der Waals surface area contributed by atoms with Gasteiger partial charge in [-0.15, -0.1) is 0 Å². The second kappa shape index (κ2) is 5.66.